The predicted molar refractivity (Wildman–Crippen MR) is 130 cm³/mol. The SMILES string of the molecule is COC(=O)[C@H]1c2cc(Br)ccc2O[C@@H]1c1ccc(O[Si](C(C)C)(C(C)C)C(C)C)cc1. The summed E-state index contributed by atoms with van der Waals surface area (Å²) in [6.07, 6.45) is -0.423. The summed E-state index contributed by atoms with van der Waals surface area (Å²) in [5.41, 5.74) is 3.28. The highest BCUT2D eigenvalue weighted by atomic mass is 79.9. The first kappa shape index (κ1) is 23.9. The number of rotatable bonds is 7. The van der Waals surface area contributed by atoms with E-state index in [1.54, 1.807) is 0 Å². The van der Waals surface area contributed by atoms with Crippen molar-refractivity contribution in [2.24, 2.45) is 0 Å². The van der Waals surface area contributed by atoms with Gasteiger partial charge in [0.25, 0.3) is 8.32 Å². The van der Waals surface area contributed by atoms with Crippen molar-refractivity contribution in [3.63, 3.8) is 0 Å². The maximum Gasteiger partial charge on any atom is 0.317 e. The van der Waals surface area contributed by atoms with Crippen LogP contribution in [0.2, 0.25) is 16.6 Å². The molecule has 0 saturated carbocycles. The van der Waals surface area contributed by atoms with E-state index in [2.05, 4.69) is 57.5 Å². The van der Waals surface area contributed by atoms with Gasteiger partial charge in [0.2, 0.25) is 0 Å². The molecule has 168 valence electrons. The van der Waals surface area contributed by atoms with Crippen LogP contribution < -0.4 is 9.16 Å². The van der Waals surface area contributed by atoms with Gasteiger partial charge in [-0.2, -0.15) is 0 Å². The zero-order valence-electron chi connectivity index (χ0n) is 19.4. The highest BCUT2D eigenvalue weighted by Crippen LogP contribution is 2.48. The first-order valence-electron chi connectivity index (χ1n) is 10.9. The molecule has 2 aromatic rings. The van der Waals surface area contributed by atoms with Crippen molar-refractivity contribution in [2.45, 2.75) is 70.2 Å². The normalized spacial score (nSPS) is 18.3. The quantitative estimate of drug-likeness (QED) is 0.291. The monoisotopic (exact) mass is 504 g/mol. The smallest absolute Gasteiger partial charge is 0.317 e. The van der Waals surface area contributed by atoms with E-state index < -0.39 is 20.3 Å². The van der Waals surface area contributed by atoms with Gasteiger partial charge in [0.05, 0.1) is 7.11 Å². The first-order valence-corrected chi connectivity index (χ1v) is 13.9. The molecule has 0 bridgehead atoms. The van der Waals surface area contributed by atoms with Crippen molar-refractivity contribution in [1.82, 2.24) is 0 Å². The topological polar surface area (TPSA) is 44.8 Å². The average molecular weight is 506 g/mol. The summed E-state index contributed by atoms with van der Waals surface area (Å²) in [4.78, 5) is 12.6. The van der Waals surface area contributed by atoms with E-state index in [4.69, 9.17) is 13.9 Å². The largest absolute Gasteiger partial charge is 0.543 e. The molecule has 0 radical (unpaired) electrons. The van der Waals surface area contributed by atoms with Gasteiger partial charge in [0, 0.05) is 10.0 Å². The highest BCUT2D eigenvalue weighted by molar-refractivity contribution is 9.10. The minimum atomic E-state index is -2.02. The second-order valence-electron chi connectivity index (χ2n) is 9.21. The fourth-order valence-corrected chi connectivity index (χ4v) is 10.8. The standard InChI is InChI=1S/C25H33BrO4Si/c1-15(2)31(16(3)4,17(5)6)30-20-11-8-18(9-12-20)24-23(25(27)28-7)21-14-19(26)10-13-22(21)29-24/h8-17,23-24H,1-7H3/t23-,24+/m0/s1. The summed E-state index contributed by atoms with van der Waals surface area (Å²) in [6, 6.07) is 13.8. The van der Waals surface area contributed by atoms with Crippen molar-refractivity contribution < 1.29 is 18.7 Å². The molecule has 0 fully saturated rings. The second-order valence-corrected chi connectivity index (χ2v) is 15.5. The van der Waals surface area contributed by atoms with Crippen molar-refractivity contribution in [3.8, 4) is 11.5 Å². The molecule has 4 nitrogen and oxygen atoms in total. The van der Waals surface area contributed by atoms with Gasteiger partial charge in [-0.25, -0.2) is 0 Å². The Kier molecular flexibility index (Phi) is 7.21. The summed E-state index contributed by atoms with van der Waals surface area (Å²) >= 11 is 3.49. The van der Waals surface area contributed by atoms with Crippen molar-refractivity contribution in [2.75, 3.05) is 7.11 Å². The molecule has 0 spiro atoms. The van der Waals surface area contributed by atoms with Crippen LogP contribution in [0.4, 0.5) is 0 Å². The molecule has 0 N–H and O–H groups in total. The van der Waals surface area contributed by atoms with Crippen LogP contribution in [0, 0.1) is 0 Å². The van der Waals surface area contributed by atoms with Crippen LogP contribution in [0.15, 0.2) is 46.9 Å². The summed E-state index contributed by atoms with van der Waals surface area (Å²) in [5, 5.41) is 0. The van der Waals surface area contributed by atoms with Gasteiger partial charge in [-0.1, -0.05) is 69.6 Å². The molecule has 0 aliphatic carbocycles. The molecule has 0 saturated heterocycles. The van der Waals surface area contributed by atoms with Crippen LogP contribution in [0.25, 0.3) is 0 Å². The van der Waals surface area contributed by atoms with Gasteiger partial charge in [-0.3, -0.25) is 4.79 Å². The van der Waals surface area contributed by atoms with E-state index in [0.29, 0.717) is 16.6 Å². The van der Waals surface area contributed by atoms with Crippen LogP contribution in [-0.2, 0) is 9.53 Å². The fraction of sp³-hybridized carbons (Fsp3) is 0.480. The number of ether oxygens (including phenoxy) is 2. The Balaban J connectivity index is 1.91. The number of esters is 1. The lowest BCUT2D eigenvalue weighted by Gasteiger charge is -2.42. The maximum absolute atomic E-state index is 12.6. The highest BCUT2D eigenvalue weighted by Gasteiger charge is 2.47. The molecule has 1 aliphatic rings. The van der Waals surface area contributed by atoms with Crippen LogP contribution in [0.5, 0.6) is 11.5 Å². The van der Waals surface area contributed by atoms with E-state index in [9.17, 15) is 4.79 Å². The van der Waals surface area contributed by atoms with Crippen LogP contribution in [0.3, 0.4) is 0 Å². The van der Waals surface area contributed by atoms with Gasteiger partial charge >= 0.3 is 5.97 Å². The lowest BCUT2D eigenvalue weighted by atomic mass is 9.91. The van der Waals surface area contributed by atoms with Crippen LogP contribution in [-0.4, -0.2) is 21.4 Å². The number of carbonyl (C=O) groups is 1. The molecular formula is C25H33BrO4Si. The van der Waals surface area contributed by atoms with E-state index >= 15 is 0 Å². The van der Waals surface area contributed by atoms with E-state index in [-0.39, 0.29) is 5.97 Å². The van der Waals surface area contributed by atoms with Gasteiger partial charge in [0.1, 0.15) is 23.5 Å². The molecule has 1 heterocycles. The molecule has 31 heavy (non-hydrogen) atoms. The summed E-state index contributed by atoms with van der Waals surface area (Å²) in [6.45, 7) is 13.7. The number of hydrogen-bond donors (Lipinski definition) is 0. The number of fused-ring (bicyclic) bond motifs is 1. The molecule has 1 aliphatic heterocycles. The number of benzene rings is 2. The van der Waals surface area contributed by atoms with E-state index in [0.717, 1.165) is 27.1 Å². The van der Waals surface area contributed by atoms with Gasteiger partial charge < -0.3 is 13.9 Å². The summed E-state index contributed by atoms with van der Waals surface area (Å²) in [7, 11) is -0.606. The van der Waals surface area contributed by atoms with Crippen LogP contribution in [0.1, 0.15) is 64.7 Å². The zero-order valence-corrected chi connectivity index (χ0v) is 22.0. The van der Waals surface area contributed by atoms with Gasteiger partial charge in [-0.05, 0) is 52.5 Å². The molecular weight excluding hydrogens is 472 g/mol. The Labute approximate surface area is 195 Å². The Morgan fingerprint density at radius 1 is 0.968 bits per heavy atom. The third kappa shape index (κ3) is 4.42. The molecule has 3 rings (SSSR count). The Morgan fingerprint density at radius 3 is 2.06 bits per heavy atom. The fourth-order valence-electron chi connectivity index (χ4n) is 5.16. The van der Waals surface area contributed by atoms with Crippen molar-refractivity contribution in [3.05, 3.63) is 58.1 Å². The Hall–Kier alpha value is -1.79. The Morgan fingerprint density at radius 2 is 1.55 bits per heavy atom. The third-order valence-electron chi connectivity index (χ3n) is 6.53. The maximum atomic E-state index is 12.6. The lowest BCUT2D eigenvalue weighted by molar-refractivity contribution is -0.144. The number of methoxy groups -OCH3 is 1. The lowest BCUT2D eigenvalue weighted by Crippen LogP contribution is -2.50. The van der Waals surface area contributed by atoms with Crippen molar-refractivity contribution >= 4 is 30.2 Å². The van der Waals surface area contributed by atoms with Crippen molar-refractivity contribution in [1.29, 1.82) is 0 Å². The first-order chi connectivity index (χ1) is 14.6. The number of halogens is 1. The van der Waals surface area contributed by atoms with E-state index in [1.807, 2.05) is 42.5 Å². The zero-order chi connectivity index (χ0) is 22.9. The minimum absolute atomic E-state index is 0.298. The number of hydrogen-bond acceptors (Lipinski definition) is 4. The molecule has 2 atom stereocenters. The third-order valence-corrected chi connectivity index (χ3v) is 13.0. The average Bonchev–Trinajstić information content (AvgIpc) is 3.09. The summed E-state index contributed by atoms with van der Waals surface area (Å²) < 4.78 is 19.0. The predicted octanol–water partition coefficient (Wildman–Crippen LogP) is 7.39. The van der Waals surface area contributed by atoms with Gasteiger partial charge in [0.15, 0.2) is 0 Å². The molecule has 2 aromatic carbocycles. The van der Waals surface area contributed by atoms with Crippen LogP contribution >= 0.6 is 15.9 Å². The molecule has 0 unspecified atom stereocenters. The number of carbonyl (C=O) groups excluding carboxylic acids is 1. The molecule has 6 heteroatoms. The van der Waals surface area contributed by atoms with E-state index in [1.165, 1.54) is 7.11 Å². The molecule has 0 aromatic heterocycles. The second kappa shape index (κ2) is 9.37. The minimum Gasteiger partial charge on any atom is -0.543 e. The molecule has 0 amide bonds. The summed E-state index contributed by atoms with van der Waals surface area (Å²) in [5.74, 6) is 0.807. The Bertz CT molecular complexity index is 902. The van der Waals surface area contributed by atoms with Gasteiger partial charge in [-0.15, -0.1) is 0 Å².